The first-order valence-corrected chi connectivity index (χ1v) is 10.9. The second-order valence-corrected chi connectivity index (χ2v) is 9.02. The third-order valence-corrected chi connectivity index (χ3v) is 7.32. The zero-order chi connectivity index (χ0) is 18.2. The van der Waals surface area contributed by atoms with Crippen LogP contribution >= 0.6 is 23.1 Å². The Kier molecular flexibility index (Phi) is 4.85. The summed E-state index contributed by atoms with van der Waals surface area (Å²) in [6.45, 7) is 4.03. The number of fused-ring (bicyclic) bond motifs is 3. The number of rotatable bonds is 4. The number of aryl methyl sites for hydroxylation is 2. The van der Waals surface area contributed by atoms with Crippen molar-refractivity contribution < 1.29 is 9.13 Å². The normalized spacial score (nSPS) is 17.5. The van der Waals surface area contributed by atoms with Gasteiger partial charge in [-0.3, -0.25) is 4.90 Å². The number of ether oxygens (including phenoxy) is 1. The third kappa shape index (κ3) is 3.49. The largest absolute Gasteiger partial charge is 0.379 e. The molecule has 1 aliphatic heterocycles. The smallest absolute Gasteiger partial charge is 0.145 e. The fourth-order valence-electron chi connectivity index (χ4n) is 3.74. The molecule has 1 aromatic carbocycles. The maximum absolute atomic E-state index is 14.3. The van der Waals surface area contributed by atoms with Crippen molar-refractivity contribution in [3.8, 4) is 0 Å². The maximum atomic E-state index is 14.3. The first-order chi connectivity index (χ1) is 13.3. The van der Waals surface area contributed by atoms with Gasteiger partial charge >= 0.3 is 0 Å². The molecule has 1 fully saturated rings. The summed E-state index contributed by atoms with van der Waals surface area (Å²) >= 11 is 3.22. The van der Waals surface area contributed by atoms with Gasteiger partial charge in [0, 0.05) is 28.2 Å². The second-order valence-electron chi connectivity index (χ2n) is 6.90. The summed E-state index contributed by atoms with van der Waals surface area (Å²) < 4.78 is 19.7. The molecule has 0 N–H and O–H groups in total. The van der Waals surface area contributed by atoms with Crippen molar-refractivity contribution in [2.75, 3.05) is 26.3 Å². The lowest BCUT2D eigenvalue weighted by atomic mass is 10.2. The van der Waals surface area contributed by atoms with Crippen LogP contribution in [0.1, 0.15) is 22.7 Å². The highest BCUT2D eigenvalue weighted by Crippen LogP contribution is 2.42. The van der Waals surface area contributed by atoms with Crippen LogP contribution in [-0.2, 0) is 24.1 Å². The predicted molar refractivity (Wildman–Crippen MR) is 106 cm³/mol. The highest BCUT2D eigenvalue weighted by atomic mass is 32.2. The lowest BCUT2D eigenvalue weighted by Crippen LogP contribution is -2.36. The van der Waals surface area contributed by atoms with Crippen molar-refractivity contribution >= 4 is 33.3 Å². The van der Waals surface area contributed by atoms with Crippen molar-refractivity contribution in [3.05, 3.63) is 46.3 Å². The van der Waals surface area contributed by atoms with Crippen LogP contribution in [0.2, 0.25) is 0 Å². The zero-order valence-corrected chi connectivity index (χ0v) is 16.5. The van der Waals surface area contributed by atoms with Crippen LogP contribution in [0.4, 0.5) is 4.39 Å². The molecule has 0 atom stereocenters. The summed E-state index contributed by atoms with van der Waals surface area (Å²) in [6, 6.07) is 6.92. The molecule has 2 aliphatic rings. The summed E-state index contributed by atoms with van der Waals surface area (Å²) in [6.07, 6.45) is 3.39. The molecule has 27 heavy (non-hydrogen) atoms. The van der Waals surface area contributed by atoms with Crippen molar-refractivity contribution in [3.63, 3.8) is 0 Å². The number of thiophene rings is 1. The van der Waals surface area contributed by atoms with Gasteiger partial charge in [-0.15, -0.1) is 11.3 Å². The topological polar surface area (TPSA) is 38.2 Å². The Morgan fingerprint density at radius 2 is 2.00 bits per heavy atom. The van der Waals surface area contributed by atoms with E-state index in [1.165, 1.54) is 34.7 Å². The van der Waals surface area contributed by atoms with Gasteiger partial charge in [-0.05, 0) is 37.0 Å². The van der Waals surface area contributed by atoms with Crippen LogP contribution in [0.3, 0.4) is 0 Å². The number of morpholine rings is 1. The van der Waals surface area contributed by atoms with E-state index in [-0.39, 0.29) is 5.82 Å². The van der Waals surface area contributed by atoms with Gasteiger partial charge in [0.2, 0.25) is 0 Å². The van der Waals surface area contributed by atoms with Gasteiger partial charge in [0.15, 0.2) is 0 Å². The Morgan fingerprint density at radius 3 is 2.85 bits per heavy atom. The SMILES string of the molecule is Fc1ccccc1Sc1nc(CN2CCOCC2)nc2sc3c(c12)CCC3. The molecule has 0 bridgehead atoms. The Balaban J connectivity index is 1.56. The Labute approximate surface area is 165 Å². The predicted octanol–water partition coefficient (Wildman–Crippen LogP) is 4.30. The minimum atomic E-state index is -0.198. The lowest BCUT2D eigenvalue weighted by molar-refractivity contribution is 0.0330. The summed E-state index contributed by atoms with van der Waals surface area (Å²) in [7, 11) is 0. The number of hydrogen-bond donors (Lipinski definition) is 0. The molecule has 5 rings (SSSR count). The molecule has 140 valence electrons. The van der Waals surface area contributed by atoms with E-state index in [4.69, 9.17) is 14.7 Å². The second kappa shape index (κ2) is 7.47. The van der Waals surface area contributed by atoms with Crippen LogP contribution < -0.4 is 0 Å². The van der Waals surface area contributed by atoms with Crippen LogP contribution in [0, 0.1) is 5.82 Å². The highest BCUT2D eigenvalue weighted by molar-refractivity contribution is 7.99. The monoisotopic (exact) mass is 401 g/mol. The number of aromatic nitrogens is 2. The van der Waals surface area contributed by atoms with Crippen LogP contribution in [0.5, 0.6) is 0 Å². The molecule has 0 amide bonds. The third-order valence-electron chi connectivity index (χ3n) is 5.09. The van der Waals surface area contributed by atoms with Gasteiger partial charge in [-0.1, -0.05) is 23.9 Å². The number of halogens is 1. The van der Waals surface area contributed by atoms with Gasteiger partial charge in [0.05, 0.1) is 19.8 Å². The molecule has 0 unspecified atom stereocenters. The first kappa shape index (κ1) is 17.6. The van der Waals surface area contributed by atoms with Gasteiger partial charge in [0.25, 0.3) is 0 Å². The Hall–Kier alpha value is -1.54. The van der Waals surface area contributed by atoms with E-state index in [9.17, 15) is 4.39 Å². The molecule has 3 heterocycles. The minimum Gasteiger partial charge on any atom is -0.379 e. The maximum Gasteiger partial charge on any atom is 0.145 e. The van der Waals surface area contributed by atoms with Gasteiger partial charge in [0.1, 0.15) is 21.5 Å². The van der Waals surface area contributed by atoms with E-state index < -0.39 is 0 Å². The Morgan fingerprint density at radius 1 is 1.15 bits per heavy atom. The fourth-order valence-corrected chi connectivity index (χ4v) is 6.08. The average molecular weight is 402 g/mol. The van der Waals surface area contributed by atoms with E-state index in [1.54, 1.807) is 17.4 Å². The fraction of sp³-hybridized carbons (Fsp3) is 0.400. The summed E-state index contributed by atoms with van der Waals surface area (Å²) in [4.78, 5) is 15.2. The van der Waals surface area contributed by atoms with E-state index >= 15 is 0 Å². The van der Waals surface area contributed by atoms with E-state index in [0.29, 0.717) is 11.4 Å². The van der Waals surface area contributed by atoms with E-state index in [2.05, 4.69) is 4.90 Å². The summed E-state index contributed by atoms with van der Waals surface area (Å²) in [5.74, 6) is 0.624. The molecule has 2 aromatic heterocycles. The van der Waals surface area contributed by atoms with Gasteiger partial charge in [-0.25, -0.2) is 14.4 Å². The van der Waals surface area contributed by atoms with Crippen LogP contribution in [0.25, 0.3) is 10.2 Å². The molecule has 0 radical (unpaired) electrons. The molecule has 0 spiro atoms. The lowest BCUT2D eigenvalue weighted by Gasteiger charge is -2.25. The zero-order valence-electron chi connectivity index (χ0n) is 14.9. The van der Waals surface area contributed by atoms with Gasteiger partial charge in [-0.2, -0.15) is 0 Å². The minimum absolute atomic E-state index is 0.198. The van der Waals surface area contributed by atoms with Crippen molar-refractivity contribution in [1.29, 1.82) is 0 Å². The molecule has 4 nitrogen and oxygen atoms in total. The van der Waals surface area contributed by atoms with Gasteiger partial charge < -0.3 is 4.74 Å². The van der Waals surface area contributed by atoms with Crippen LogP contribution in [0.15, 0.2) is 34.2 Å². The number of hydrogen-bond acceptors (Lipinski definition) is 6. The average Bonchev–Trinajstić information content (AvgIpc) is 3.25. The van der Waals surface area contributed by atoms with Crippen LogP contribution in [-0.4, -0.2) is 41.2 Å². The van der Waals surface area contributed by atoms with Crippen molar-refractivity contribution in [2.45, 2.75) is 35.7 Å². The van der Waals surface area contributed by atoms with Crippen molar-refractivity contribution in [2.24, 2.45) is 0 Å². The standard InChI is InChI=1S/C20H20FN3OS2/c21-14-5-1-2-6-16(14)27-20-18-13-4-3-7-15(13)26-19(18)22-17(23-20)12-24-8-10-25-11-9-24/h1-2,5-6H,3-4,7-12H2. The molecule has 7 heteroatoms. The summed E-state index contributed by atoms with van der Waals surface area (Å²) in [5, 5.41) is 2.04. The molecule has 1 saturated heterocycles. The summed E-state index contributed by atoms with van der Waals surface area (Å²) in [5.41, 5.74) is 1.38. The molecular weight excluding hydrogens is 381 g/mol. The highest BCUT2D eigenvalue weighted by Gasteiger charge is 2.24. The number of benzene rings is 1. The quantitative estimate of drug-likeness (QED) is 0.610. The van der Waals surface area contributed by atoms with E-state index in [0.717, 1.165) is 60.2 Å². The molecule has 0 saturated carbocycles. The molecule has 1 aliphatic carbocycles. The molecule has 3 aromatic rings. The van der Waals surface area contributed by atoms with E-state index in [1.807, 2.05) is 12.1 Å². The molecular formula is C20H20FN3OS2. The van der Waals surface area contributed by atoms with Crippen molar-refractivity contribution in [1.82, 2.24) is 14.9 Å². The Bertz CT molecular complexity index is 985. The first-order valence-electron chi connectivity index (χ1n) is 9.31. The number of nitrogens with zero attached hydrogens (tertiary/aromatic N) is 3.